The molecule has 0 atom stereocenters. The van der Waals surface area contributed by atoms with E-state index in [1.165, 1.54) is 0 Å². The molecule has 3 rings (SSSR count). The second-order valence-corrected chi connectivity index (χ2v) is 8.13. The number of benzene rings is 2. The third-order valence-corrected chi connectivity index (χ3v) is 5.66. The third-order valence-electron chi connectivity index (χ3n) is 4.06. The van der Waals surface area contributed by atoms with Crippen molar-refractivity contribution < 1.29 is 13.2 Å². The molecule has 1 saturated heterocycles. The zero-order chi connectivity index (χ0) is 17.9. The van der Waals surface area contributed by atoms with Gasteiger partial charge in [-0.25, -0.2) is 8.42 Å². The van der Waals surface area contributed by atoms with E-state index in [1.54, 1.807) is 47.4 Å². The van der Waals surface area contributed by atoms with Crippen molar-refractivity contribution in [2.75, 3.05) is 16.2 Å². The summed E-state index contributed by atoms with van der Waals surface area (Å²) >= 11 is 6.04. The zero-order valence-electron chi connectivity index (χ0n) is 13.6. The first-order valence-electron chi connectivity index (χ1n) is 8.09. The highest BCUT2D eigenvalue weighted by Crippen LogP contribution is 2.25. The molecule has 1 aliphatic heterocycles. The molecule has 5 nitrogen and oxygen atoms in total. The number of rotatable bonds is 5. The van der Waals surface area contributed by atoms with Gasteiger partial charge in [0.2, 0.25) is 15.9 Å². The molecule has 0 saturated carbocycles. The standard InChI is InChI=1S/C18H19ClN2O3S/c19-17-9-2-1-6-14(17)13-25(23,24)20-15-7-5-8-16(12-15)21-11-4-3-10-18(21)22/h1-2,5-9,12,20H,3-4,10-11,13H2. The van der Waals surface area contributed by atoms with Crippen LogP contribution in [0.15, 0.2) is 48.5 Å². The lowest BCUT2D eigenvalue weighted by atomic mass is 10.1. The molecular formula is C18H19ClN2O3S. The van der Waals surface area contributed by atoms with E-state index in [-0.39, 0.29) is 11.7 Å². The molecule has 2 aromatic carbocycles. The number of nitrogens with zero attached hydrogens (tertiary/aromatic N) is 1. The van der Waals surface area contributed by atoms with E-state index in [0.29, 0.717) is 34.9 Å². The quantitative estimate of drug-likeness (QED) is 0.860. The molecule has 25 heavy (non-hydrogen) atoms. The van der Waals surface area contributed by atoms with Crippen LogP contribution in [0.5, 0.6) is 0 Å². The van der Waals surface area contributed by atoms with Crippen molar-refractivity contribution in [1.82, 2.24) is 0 Å². The van der Waals surface area contributed by atoms with Crippen molar-refractivity contribution >= 4 is 38.9 Å². The molecule has 0 bridgehead atoms. The average molecular weight is 379 g/mol. The van der Waals surface area contributed by atoms with E-state index >= 15 is 0 Å². The topological polar surface area (TPSA) is 66.5 Å². The minimum absolute atomic E-state index is 0.0716. The van der Waals surface area contributed by atoms with E-state index < -0.39 is 10.0 Å². The smallest absolute Gasteiger partial charge is 0.236 e. The van der Waals surface area contributed by atoms with Crippen LogP contribution in [0.25, 0.3) is 0 Å². The predicted octanol–water partition coefficient (Wildman–Crippen LogP) is 3.80. The second-order valence-electron chi connectivity index (χ2n) is 6.01. The van der Waals surface area contributed by atoms with E-state index in [2.05, 4.69) is 4.72 Å². The first-order valence-corrected chi connectivity index (χ1v) is 10.1. The monoisotopic (exact) mass is 378 g/mol. The summed E-state index contributed by atoms with van der Waals surface area (Å²) < 4.78 is 27.4. The summed E-state index contributed by atoms with van der Waals surface area (Å²) in [5.41, 5.74) is 1.68. The van der Waals surface area contributed by atoms with E-state index in [4.69, 9.17) is 11.6 Å². The lowest BCUT2D eigenvalue weighted by molar-refractivity contribution is -0.119. The highest BCUT2D eigenvalue weighted by atomic mass is 35.5. The number of carbonyl (C=O) groups is 1. The van der Waals surface area contributed by atoms with Crippen LogP contribution in [0.4, 0.5) is 11.4 Å². The molecule has 0 spiro atoms. The van der Waals surface area contributed by atoms with E-state index in [0.717, 1.165) is 12.8 Å². The molecule has 1 heterocycles. The lowest BCUT2D eigenvalue weighted by Gasteiger charge is -2.27. The van der Waals surface area contributed by atoms with Gasteiger partial charge in [-0.15, -0.1) is 0 Å². The van der Waals surface area contributed by atoms with Gasteiger partial charge in [0.15, 0.2) is 0 Å². The number of carbonyl (C=O) groups excluding carboxylic acids is 1. The minimum atomic E-state index is -3.61. The van der Waals surface area contributed by atoms with Gasteiger partial charge >= 0.3 is 0 Å². The van der Waals surface area contributed by atoms with Crippen LogP contribution in [0.1, 0.15) is 24.8 Å². The van der Waals surface area contributed by atoms with E-state index in [9.17, 15) is 13.2 Å². The molecular weight excluding hydrogens is 360 g/mol. The van der Waals surface area contributed by atoms with E-state index in [1.807, 2.05) is 6.07 Å². The molecule has 7 heteroatoms. The van der Waals surface area contributed by atoms with Crippen LogP contribution < -0.4 is 9.62 Å². The number of sulfonamides is 1. The Morgan fingerprint density at radius 3 is 2.64 bits per heavy atom. The number of nitrogens with one attached hydrogen (secondary N) is 1. The van der Waals surface area contributed by atoms with Crippen LogP contribution in [0.2, 0.25) is 5.02 Å². The summed E-state index contributed by atoms with van der Waals surface area (Å²) in [5.74, 6) is -0.137. The molecule has 1 amide bonds. The van der Waals surface area contributed by atoms with Gasteiger partial charge in [-0.05, 0) is 42.7 Å². The Kier molecular flexibility index (Phi) is 5.30. The molecule has 1 aliphatic rings. The highest BCUT2D eigenvalue weighted by Gasteiger charge is 2.20. The summed E-state index contributed by atoms with van der Waals surface area (Å²) in [4.78, 5) is 13.7. The normalized spacial score (nSPS) is 15.2. The van der Waals surface area contributed by atoms with Crippen LogP contribution in [0, 0.1) is 0 Å². The Balaban J connectivity index is 1.77. The van der Waals surface area contributed by atoms with Crippen LogP contribution in [-0.4, -0.2) is 20.9 Å². The Labute approximate surface area is 152 Å². The molecule has 2 aromatic rings. The van der Waals surface area contributed by atoms with Gasteiger partial charge in [0.25, 0.3) is 0 Å². The number of anilines is 2. The Hall–Kier alpha value is -2.05. The van der Waals surface area contributed by atoms with Gasteiger partial charge in [0.1, 0.15) is 0 Å². The number of piperidine rings is 1. The summed E-state index contributed by atoms with van der Waals surface area (Å²) in [7, 11) is -3.61. The molecule has 1 fully saturated rings. The summed E-state index contributed by atoms with van der Waals surface area (Å²) in [6.07, 6.45) is 2.39. The first-order chi connectivity index (χ1) is 11.9. The average Bonchev–Trinajstić information content (AvgIpc) is 2.57. The lowest BCUT2D eigenvalue weighted by Crippen LogP contribution is -2.35. The van der Waals surface area contributed by atoms with Crippen molar-refractivity contribution in [3.05, 3.63) is 59.1 Å². The minimum Gasteiger partial charge on any atom is -0.312 e. The molecule has 0 unspecified atom stereocenters. The number of hydrogen-bond acceptors (Lipinski definition) is 3. The van der Waals surface area contributed by atoms with Crippen molar-refractivity contribution in [2.45, 2.75) is 25.0 Å². The highest BCUT2D eigenvalue weighted by molar-refractivity contribution is 7.91. The van der Waals surface area contributed by atoms with Gasteiger partial charge in [-0.3, -0.25) is 9.52 Å². The Bertz CT molecular complexity index is 883. The van der Waals surface area contributed by atoms with Crippen LogP contribution >= 0.6 is 11.6 Å². The Morgan fingerprint density at radius 2 is 1.88 bits per heavy atom. The molecule has 1 N–H and O–H groups in total. The first kappa shape index (κ1) is 17.8. The molecule has 132 valence electrons. The largest absolute Gasteiger partial charge is 0.312 e. The fourth-order valence-corrected chi connectivity index (χ4v) is 4.35. The van der Waals surface area contributed by atoms with Gasteiger partial charge in [0, 0.05) is 23.7 Å². The van der Waals surface area contributed by atoms with Gasteiger partial charge in [0.05, 0.1) is 11.4 Å². The van der Waals surface area contributed by atoms with Gasteiger partial charge in [-0.1, -0.05) is 35.9 Å². The summed E-state index contributed by atoms with van der Waals surface area (Å²) in [6.45, 7) is 0.661. The molecule has 0 aromatic heterocycles. The zero-order valence-corrected chi connectivity index (χ0v) is 15.2. The van der Waals surface area contributed by atoms with Crippen molar-refractivity contribution in [3.63, 3.8) is 0 Å². The fraction of sp³-hybridized carbons (Fsp3) is 0.278. The fourth-order valence-electron chi connectivity index (χ4n) is 2.85. The van der Waals surface area contributed by atoms with Crippen molar-refractivity contribution in [3.8, 4) is 0 Å². The molecule has 0 radical (unpaired) electrons. The SMILES string of the molecule is O=C1CCCCN1c1cccc(NS(=O)(=O)Cc2ccccc2Cl)c1. The van der Waals surface area contributed by atoms with Crippen LogP contribution in [0.3, 0.4) is 0 Å². The maximum absolute atomic E-state index is 12.4. The third kappa shape index (κ3) is 4.52. The summed E-state index contributed by atoms with van der Waals surface area (Å²) in [6, 6.07) is 13.8. The maximum atomic E-state index is 12.4. The molecule has 0 aliphatic carbocycles. The number of halogens is 1. The van der Waals surface area contributed by atoms with Crippen molar-refractivity contribution in [2.24, 2.45) is 0 Å². The predicted molar refractivity (Wildman–Crippen MR) is 100 cm³/mol. The number of hydrogen-bond donors (Lipinski definition) is 1. The maximum Gasteiger partial charge on any atom is 0.236 e. The number of amides is 1. The summed E-state index contributed by atoms with van der Waals surface area (Å²) in [5, 5.41) is 0.417. The van der Waals surface area contributed by atoms with Gasteiger partial charge < -0.3 is 4.90 Å². The van der Waals surface area contributed by atoms with Crippen molar-refractivity contribution in [1.29, 1.82) is 0 Å². The second kappa shape index (κ2) is 7.45. The van der Waals surface area contributed by atoms with Gasteiger partial charge in [-0.2, -0.15) is 0 Å². The van der Waals surface area contributed by atoms with Crippen LogP contribution in [-0.2, 0) is 20.6 Å². The Morgan fingerprint density at radius 1 is 1.08 bits per heavy atom.